The van der Waals surface area contributed by atoms with Crippen LogP contribution >= 0.6 is 11.8 Å². The highest BCUT2D eigenvalue weighted by molar-refractivity contribution is 7.99. The highest BCUT2D eigenvalue weighted by Crippen LogP contribution is 2.30. The molecule has 0 saturated heterocycles. The van der Waals surface area contributed by atoms with Gasteiger partial charge in [-0.05, 0) is 31.2 Å². The maximum Gasteiger partial charge on any atom is 0.138 e. The summed E-state index contributed by atoms with van der Waals surface area (Å²) < 4.78 is 2.13. The number of hydrogen-bond acceptors (Lipinski definition) is 3. The van der Waals surface area contributed by atoms with Crippen LogP contribution in [0, 0.1) is 0 Å². The van der Waals surface area contributed by atoms with Gasteiger partial charge in [0, 0.05) is 23.6 Å². The van der Waals surface area contributed by atoms with Gasteiger partial charge in [-0.2, -0.15) is 0 Å². The van der Waals surface area contributed by atoms with Crippen LogP contribution in [0.1, 0.15) is 12.6 Å². The molecule has 0 saturated carbocycles. The highest BCUT2D eigenvalue weighted by atomic mass is 32.2. The van der Waals surface area contributed by atoms with Crippen molar-refractivity contribution in [2.24, 2.45) is 5.73 Å². The number of nitrogens with zero attached hydrogens (tertiary/aromatic N) is 2. The fourth-order valence-electron chi connectivity index (χ4n) is 2.20. The Morgan fingerprint density at radius 3 is 2.65 bits per heavy atom. The van der Waals surface area contributed by atoms with Crippen LogP contribution in [0.15, 0.2) is 64.6 Å². The van der Waals surface area contributed by atoms with E-state index in [0.717, 1.165) is 17.1 Å². The van der Waals surface area contributed by atoms with Crippen molar-refractivity contribution in [2.45, 2.75) is 29.3 Å². The number of benzene rings is 1. The number of imidazole rings is 1. The third-order valence-corrected chi connectivity index (χ3v) is 4.09. The molecule has 0 aliphatic rings. The van der Waals surface area contributed by atoms with E-state index in [1.165, 1.54) is 10.6 Å². The molecule has 0 aliphatic carbocycles. The molecule has 0 aliphatic heterocycles. The smallest absolute Gasteiger partial charge is 0.138 e. The number of fused-ring (bicyclic) bond motifs is 1. The van der Waals surface area contributed by atoms with E-state index >= 15 is 0 Å². The third-order valence-electron chi connectivity index (χ3n) is 3.07. The summed E-state index contributed by atoms with van der Waals surface area (Å²) in [5, 5.41) is 1.04. The molecule has 0 radical (unpaired) electrons. The molecule has 102 valence electrons. The average Bonchev–Trinajstić information content (AvgIpc) is 2.78. The fraction of sp³-hybridized carbons (Fsp3) is 0.188. The lowest BCUT2D eigenvalue weighted by atomic mass is 10.2. The summed E-state index contributed by atoms with van der Waals surface area (Å²) >= 11 is 1.69. The van der Waals surface area contributed by atoms with Gasteiger partial charge in [0.1, 0.15) is 10.7 Å². The summed E-state index contributed by atoms with van der Waals surface area (Å²) in [5.41, 5.74) is 8.14. The molecular formula is C16H17N3S. The standard InChI is InChI=1S/C16H17N3S/c1-12(17)11-14-16(20-13-7-3-2-4-8-13)18-15-9-5-6-10-19(14)15/h2-10,12H,11,17H2,1H3. The van der Waals surface area contributed by atoms with Gasteiger partial charge in [-0.3, -0.25) is 0 Å². The van der Waals surface area contributed by atoms with E-state index in [-0.39, 0.29) is 6.04 Å². The monoisotopic (exact) mass is 283 g/mol. The van der Waals surface area contributed by atoms with Gasteiger partial charge in [0.25, 0.3) is 0 Å². The van der Waals surface area contributed by atoms with Crippen molar-refractivity contribution < 1.29 is 0 Å². The Kier molecular flexibility index (Phi) is 3.76. The van der Waals surface area contributed by atoms with Crippen LogP contribution in [0.4, 0.5) is 0 Å². The molecule has 3 aromatic rings. The Hall–Kier alpha value is -1.78. The Labute approximate surface area is 122 Å². The molecule has 0 spiro atoms. The zero-order chi connectivity index (χ0) is 13.9. The van der Waals surface area contributed by atoms with Crippen molar-refractivity contribution in [3.63, 3.8) is 0 Å². The maximum absolute atomic E-state index is 5.99. The van der Waals surface area contributed by atoms with Gasteiger partial charge in [-0.1, -0.05) is 36.0 Å². The highest BCUT2D eigenvalue weighted by Gasteiger charge is 2.14. The van der Waals surface area contributed by atoms with Crippen LogP contribution < -0.4 is 5.73 Å². The first-order valence-corrected chi connectivity index (χ1v) is 7.50. The number of nitrogens with two attached hydrogens (primary N) is 1. The molecule has 2 aromatic heterocycles. The van der Waals surface area contributed by atoms with E-state index in [1.807, 2.05) is 43.3 Å². The van der Waals surface area contributed by atoms with Crippen molar-refractivity contribution in [1.29, 1.82) is 0 Å². The van der Waals surface area contributed by atoms with Gasteiger partial charge in [-0.15, -0.1) is 0 Å². The van der Waals surface area contributed by atoms with E-state index in [1.54, 1.807) is 11.8 Å². The molecule has 3 rings (SSSR count). The van der Waals surface area contributed by atoms with Gasteiger partial charge in [0.05, 0.1) is 5.69 Å². The number of hydrogen-bond donors (Lipinski definition) is 1. The SMILES string of the molecule is CC(N)Cc1c(Sc2ccccc2)nc2ccccn12. The molecular weight excluding hydrogens is 266 g/mol. The largest absolute Gasteiger partial charge is 0.328 e. The van der Waals surface area contributed by atoms with Gasteiger partial charge in [-0.25, -0.2) is 4.98 Å². The molecule has 0 bridgehead atoms. The zero-order valence-electron chi connectivity index (χ0n) is 11.4. The quantitative estimate of drug-likeness (QED) is 0.798. The maximum atomic E-state index is 5.99. The van der Waals surface area contributed by atoms with Gasteiger partial charge in [0.15, 0.2) is 0 Å². The zero-order valence-corrected chi connectivity index (χ0v) is 12.2. The molecule has 0 amide bonds. The minimum atomic E-state index is 0.116. The van der Waals surface area contributed by atoms with Crippen molar-refractivity contribution in [3.05, 3.63) is 60.4 Å². The van der Waals surface area contributed by atoms with E-state index in [2.05, 4.69) is 22.7 Å². The van der Waals surface area contributed by atoms with Gasteiger partial charge in [0.2, 0.25) is 0 Å². The molecule has 2 heterocycles. The van der Waals surface area contributed by atoms with Crippen molar-refractivity contribution in [2.75, 3.05) is 0 Å². The van der Waals surface area contributed by atoms with E-state index < -0.39 is 0 Å². The van der Waals surface area contributed by atoms with E-state index in [4.69, 9.17) is 10.7 Å². The third kappa shape index (κ3) is 2.71. The van der Waals surface area contributed by atoms with Crippen LogP contribution in [0.5, 0.6) is 0 Å². The lowest BCUT2D eigenvalue weighted by molar-refractivity contribution is 0.705. The van der Waals surface area contributed by atoms with Crippen LogP contribution in [-0.4, -0.2) is 15.4 Å². The minimum absolute atomic E-state index is 0.116. The molecule has 1 atom stereocenters. The number of aromatic nitrogens is 2. The number of pyridine rings is 1. The van der Waals surface area contributed by atoms with Gasteiger partial charge >= 0.3 is 0 Å². The van der Waals surface area contributed by atoms with E-state index in [9.17, 15) is 0 Å². The average molecular weight is 283 g/mol. The molecule has 2 N–H and O–H groups in total. The van der Waals surface area contributed by atoms with Crippen LogP contribution in [-0.2, 0) is 6.42 Å². The van der Waals surface area contributed by atoms with Crippen molar-refractivity contribution in [3.8, 4) is 0 Å². The summed E-state index contributed by atoms with van der Waals surface area (Å²) in [6, 6.07) is 16.5. The van der Waals surface area contributed by atoms with Crippen LogP contribution in [0.2, 0.25) is 0 Å². The normalized spacial score (nSPS) is 12.7. The summed E-state index contributed by atoms with van der Waals surface area (Å²) in [6.07, 6.45) is 2.87. The van der Waals surface area contributed by atoms with Crippen molar-refractivity contribution >= 4 is 17.4 Å². The molecule has 20 heavy (non-hydrogen) atoms. The molecule has 0 fully saturated rings. The molecule has 1 unspecified atom stereocenters. The summed E-state index contributed by atoms with van der Waals surface area (Å²) in [4.78, 5) is 5.93. The predicted molar refractivity (Wildman–Crippen MR) is 83.1 cm³/mol. The van der Waals surface area contributed by atoms with Crippen molar-refractivity contribution in [1.82, 2.24) is 9.38 Å². The van der Waals surface area contributed by atoms with E-state index in [0.29, 0.717) is 0 Å². The second-order valence-electron chi connectivity index (χ2n) is 4.89. The second kappa shape index (κ2) is 5.69. The number of rotatable bonds is 4. The second-order valence-corrected chi connectivity index (χ2v) is 5.95. The Bertz CT molecular complexity index is 704. The Balaban J connectivity index is 2.04. The lowest BCUT2D eigenvalue weighted by Gasteiger charge is -2.07. The molecule has 4 heteroatoms. The predicted octanol–water partition coefficient (Wildman–Crippen LogP) is 3.38. The Morgan fingerprint density at radius 1 is 1.15 bits per heavy atom. The van der Waals surface area contributed by atoms with Crippen LogP contribution in [0.3, 0.4) is 0 Å². The summed E-state index contributed by atoms with van der Waals surface area (Å²) in [5.74, 6) is 0. The first-order valence-electron chi connectivity index (χ1n) is 6.68. The Morgan fingerprint density at radius 2 is 1.90 bits per heavy atom. The molecule has 1 aromatic carbocycles. The summed E-state index contributed by atoms with van der Waals surface area (Å²) in [7, 11) is 0. The lowest BCUT2D eigenvalue weighted by Crippen LogP contribution is -2.19. The minimum Gasteiger partial charge on any atom is -0.328 e. The first kappa shape index (κ1) is 13.2. The first-order chi connectivity index (χ1) is 9.74. The van der Waals surface area contributed by atoms with Crippen LogP contribution in [0.25, 0.3) is 5.65 Å². The fourth-order valence-corrected chi connectivity index (χ4v) is 3.15. The topological polar surface area (TPSA) is 43.3 Å². The summed E-state index contributed by atoms with van der Waals surface area (Å²) in [6.45, 7) is 2.03. The van der Waals surface area contributed by atoms with Gasteiger partial charge < -0.3 is 10.1 Å². The molecule has 3 nitrogen and oxygen atoms in total.